The number of para-hydroxylation sites is 1. The lowest BCUT2D eigenvalue weighted by Crippen LogP contribution is -2.14. The number of nitrogens with one attached hydrogen (secondary N) is 2. The molecule has 0 radical (unpaired) electrons. The van der Waals surface area contributed by atoms with Crippen LogP contribution >= 0.6 is 0 Å². The van der Waals surface area contributed by atoms with Gasteiger partial charge in [0.1, 0.15) is 11.6 Å². The lowest BCUT2D eigenvalue weighted by Gasteiger charge is -2.11. The van der Waals surface area contributed by atoms with Gasteiger partial charge >= 0.3 is 0 Å². The summed E-state index contributed by atoms with van der Waals surface area (Å²) in [6, 6.07) is 17.5. The number of aromatic nitrogens is 2. The number of anilines is 1. The molecule has 1 heterocycles. The molecule has 0 spiro atoms. The van der Waals surface area contributed by atoms with Gasteiger partial charge in [0, 0.05) is 11.1 Å². The number of aromatic amines is 1. The molecule has 1 aromatic heterocycles. The predicted octanol–water partition coefficient (Wildman–Crippen LogP) is 4.27. The molecule has 0 atom stereocenters. The molecule has 0 unspecified atom stereocenters. The number of sulfonamides is 1. The summed E-state index contributed by atoms with van der Waals surface area (Å²) in [6.07, 6.45) is 0. The SMILES string of the molecule is O=S(=O)(CF)Nc1ccccc1-c1ccc2[nH]c(-c3ccc(O)cc3)nc2c1. The van der Waals surface area contributed by atoms with Crippen molar-refractivity contribution in [2.75, 3.05) is 10.7 Å². The Kier molecular flexibility index (Phi) is 4.48. The first kappa shape index (κ1) is 18.0. The summed E-state index contributed by atoms with van der Waals surface area (Å²) in [4.78, 5) is 7.80. The van der Waals surface area contributed by atoms with Gasteiger partial charge in [-0.3, -0.25) is 4.72 Å². The summed E-state index contributed by atoms with van der Waals surface area (Å²) in [5, 5.41) is 9.43. The number of hydrogen-bond donors (Lipinski definition) is 3. The van der Waals surface area contributed by atoms with E-state index in [4.69, 9.17) is 0 Å². The molecule has 3 N–H and O–H groups in total. The maximum Gasteiger partial charge on any atom is 0.262 e. The number of rotatable bonds is 5. The number of halogens is 1. The van der Waals surface area contributed by atoms with Crippen molar-refractivity contribution in [1.29, 1.82) is 0 Å². The van der Waals surface area contributed by atoms with E-state index in [2.05, 4.69) is 14.7 Å². The number of benzene rings is 3. The Bertz CT molecular complexity index is 1250. The van der Waals surface area contributed by atoms with E-state index in [9.17, 15) is 17.9 Å². The van der Waals surface area contributed by atoms with Gasteiger partial charge in [0.25, 0.3) is 10.0 Å². The Morgan fingerprint density at radius 2 is 1.71 bits per heavy atom. The largest absolute Gasteiger partial charge is 0.508 e. The molecule has 0 bridgehead atoms. The Hall–Kier alpha value is -3.39. The zero-order valence-corrected chi connectivity index (χ0v) is 15.4. The lowest BCUT2D eigenvalue weighted by molar-refractivity contribution is 0.475. The molecule has 4 aromatic rings. The molecule has 0 aliphatic heterocycles. The molecule has 142 valence electrons. The fraction of sp³-hybridized carbons (Fsp3) is 0.0500. The van der Waals surface area contributed by atoms with Gasteiger partial charge in [-0.25, -0.2) is 17.8 Å². The monoisotopic (exact) mass is 397 g/mol. The molecule has 8 heteroatoms. The maximum absolute atomic E-state index is 12.7. The van der Waals surface area contributed by atoms with Crippen molar-refractivity contribution in [1.82, 2.24) is 9.97 Å². The van der Waals surface area contributed by atoms with Crippen molar-refractivity contribution < 1.29 is 17.9 Å². The van der Waals surface area contributed by atoms with Crippen LogP contribution in [0.4, 0.5) is 10.1 Å². The third-order valence-corrected chi connectivity index (χ3v) is 5.09. The molecular formula is C20H16FN3O3S. The molecule has 0 saturated heterocycles. The van der Waals surface area contributed by atoms with Crippen LogP contribution in [0.15, 0.2) is 66.7 Å². The first-order valence-corrected chi connectivity index (χ1v) is 10.1. The summed E-state index contributed by atoms with van der Waals surface area (Å²) in [7, 11) is -4.04. The van der Waals surface area contributed by atoms with Crippen LogP contribution in [0.3, 0.4) is 0 Å². The highest BCUT2D eigenvalue weighted by Gasteiger charge is 2.14. The zero-order valence-electron chi connectivity index (χ0n) is 14.6. The molecule has 0 saturated carbocycles. The summed E-state index contributed by atoms with van der Waals surface area (Å²) < 4.78 is 38.2. The highest BCUT2D eigenvalue weighted by atomic mass is 32.2. The van der Waals surface area contributed by atoms with E-state index in [1.807, 2.05) is 18.2 Å². The van der Waals surface area contributed by atoms with Gasteiger partial charge < -0.3 is 10.1 Å². The predicted molar refractivity (Wildman–Crippen MR) is 107 cm³/mol. The van der Waals surface area contributed by atoms with Crippen LogP contribution in [0.1, 0.15) is 0 Å². The van der Waals surface area contributed by atoms with Crippen LogP contribution in [0.5, 0.6) is 5.75 Å². The summed E-state index contributed by atoms with van der Waals surface area (Å²) in [5.74, 6) is 0.827. The molecule has 0 fully saturated rings. The molecule has 3 aromatic carbocycles. The summed E-state index contributed by atoms with van der Waals surface area (Å²) in [6.45, 7) is 0. The zero-order chi connectivity index (χ0) is 19.7. The highest BCUT2D eigenvalue weighted by Crippen LogP contribution is 2.31. The Morgan fingerprint density at radius 3 is 2.46 bits per heavy atom. The minimum atomic E-state index is -4.04. The van der Waals surface area contributed by atoms with Crippen LogP contribution in [-0.4, -0.2) is 29.5 Å². The van der Waals surface area contributed by atoms with E-state index in [0.29, 0.717) is 22.6 Å². The molecule has 28 heavy (non-hydrogen) atoms. The number of phenolic OH excluding ortho intramolecular Hbond substituents is 1. The van der Waals surface area contributed by atoms with Crippen molar-refractivity contribution in [2.45, 2.75) is 0 Å². The van der Waals surface area contributed by atoms with E-state index < -0.39 is 16.0 Å². The van der Waals surface area contributed by atoms with E-state index >= 15 is 0 Å². The average molecular weight is 397 g/mol. The van der Waals surface area contributed by atoms with Crippen molar-refractivity contribution >= 4 is 26.7 Å². The molecule has 0 aliphatic carbocycles. The fourth-order valence-corrected chi connectivity index (χ4v) is 3.52. The number of nitrogens with zero attached hydrogens (tertiary/aromatic N) is 1. The van der Waals surface area contributed by atoms with Crippen molar-refractivity contribution in [3.05, 3.63) is 66.7 Å². The first-order chi connectivity index (χ1) is 13.4. The van der Waals surface area contributed by atoms with Crippen molar-refractivity contribution in [3.8, 4) is 28.3 Å². The summed E-state index contributed by atoms with van der Waals surface area (Å²) in [5.41, 5.74) is 4.00. The van der Waals surface area contributed by atoms with Crippen LogP contribution in [0, 0.1) is 0 Å². The number of H-pyrrole nitrogens is 1. The third kappa shape index (κ3) is 3.54. The average Bonchev–Trinajstić information content (AvgIpc) is 3.12. The number of phenols is 1. The van der Waals surface area contributed by atoms with Crippen LogP contribution in [0.2, 0.25) is 0 Å². The number of hydrogen-bond acceptors (Lipinski definition) is 4. The summed E-state index contributed by atoms with van der Waals surface area (Å²) >= 11 is 0. The maximum atomic E-state index is 12.7. The van der Waals surface area contributed by atoms with Gasteiger partial charge in [-0.2, -0.15) is 0 Å². The van der Waals surface area contributed by atoms with Crippen molar-refractivity contribution in [2.24, 2.45) is 0 Å². The van der Waals surface area contributed by atoms with Crippen LogP contribution in [0.25, 0.3) is 33.5 Å². The Balaban J connectivity index is 1.76. The van der Waals surface area contributed by atoms with Gasteiger partial charge in [-0.1, -0.05) is 24.3 Å². The second-order valence-electron chi connectivity index (χ2n) is 6.24. The van der Waals surface area contributed by atoms with Crippen LogP contribution in [-0.2, 0) is 10.0 Å². The normalized spacial score (nSPS) is 11.6. The number of alkyl halides is 1. The highest BCUT2D eigenvalue weighted by molar-refractivity contribution is 7.92. The van der Waals surface area contributed by atoms with E-state index in [1.54, 1.807) is 48.5 Å². The fourth-order valence-electron chi connectivity index (χ4n) is 2.95. The first-order valence-electron chi connectivity index (χ1n) is 8.40. The molecule has 0 aliphatic rings. The van der Waals surface area contributed by atoms with Gasteiger partial charge in [0.2, 0.25) is 6.01 Å². The van der Waals surface area contributed by atoms with Gasteiger partial charge in [0.05, 0.1) is 16.7 Å². The second kappa shape index (κ2) is 6.97. The quantitative estimate of drug-likeness (QED) is 0.469. The lowest BCUT2D eigenvalue weighted by atomic mass is 10.0. The van der Waals surface area contributed by atoms with Gasteiger partial charge in [-0.15, -0.1) is 0 Å². The minimum absolute atomic E-state index is 0.175. The van der Waals surface area contributed by atoms with Gasteiger partial charge in [-0.05, 0) is 48.0 Å². The molecule has 0 amide bonds. The van der Waals surface area contributed by atoms with Crippen LogP contribution < -0.4 is 4.72 Å². The van der Waals surface area contributed by atoms with E-state index in [0.717, 1.165) is 16.6 Å². The number of aromatic hydroxyl groups is 1. The number of fused-ring (bicyclic) bond motifs is 1. The molecular weight excluding hydrogens is 381 g/mol. The van der Waals surface area contributed by atoms with E-state index in [1.165, 1.54) is 0 Å². The topological polar surface area (TPSA) is 95.1 Å². The molecule has 4 rings (SSSR count). The molecule has 6 nitrogen and oxygen atoms in total. The van der Waals surface area contributed by atoms with Gasteiger partial charge in [0.15, 0.2) is 0 Å². The third-order valence-electron chi connectivity index (χ3n) is 4.27. The van der Waals surface area contributed by atoms with Crippen molar-refractivity contribution in [3.63, 3.8) is 0 Å². The Labute approximate surface area is 160 Å². The minimum Gasteiger partial charge on any atom is -0.508 e. The van der Waals surface area contributed by atoms with E-state index in [-0.39, 0.29) is 5.75 Å². The second-order valence-corrected chi connectivity index (χ2v) is 7.89. The standard InChI is InChI=1S/C20H16FN3O3S/c21-12-28(26,27)24-17-4-2-1-3-16(17)14-7-10-18-19(11-14)23-20(22-18)13-5-8-15(25)9-6-13/h1-11,24-25H,12H2,(H,22,23). The Morgan fingerprint density at radius 1 is 1.00 bits per heavy atom. The smallest absolute Gasteiger partial charge is 0.262 e. The number of imidazole rings is 1.